The van der Waals surface area contributed by atoms with Gasteiger partial charge in [-0.25, -0.2) is 8.78 Å². The number of hydrogen-bond acceptors (Lipinski definition) is 3. The zero-order chi connectivity index (χ0) is 21.3. The summed E-state index contributed by atoms with van der Waals surface area (Å²) in [5.41, 5.74) is 2.77. The third kappa shape index (κ3) is 4.14. The van der Waals surface area contributed by atoms with Gasteiger partial charge in [0.1, 0.15) is 28.5 Å². The van der Waals surface area contributed by atoms with Crippen LogP contribution in [0.15, 0.2) is 57.9 Å². The van der Waals surface area contributed by atoms with Crippen LogP contribution in [-0.2, 0) is 19.6 Å². The van der Waals surface area contributed by atoms with Crippen molar-refractivity contribution in [1.29, 1.82) is 0 Å². The number of nitrogens with zero attached hydrogens (tertiary/aromatic N) is 2. The van der Waals surface area contributed by atoms with Gasteiger partial charge in [-0.2, -0.15) is 5.10 Å². The van der Waals surface area contributed by atoms with Crippen molar-refractivity contribution in [2.45, 2.75) is 26.5 Å². The van der Waals surface area contributed by atoms with Gasteiger partial charge in [-0.3, -0.25) is 9.89 Å². The van der Waals surface area contributed by atoms with E-state index in [1.54, 1.807) is 16.8 Å². The summed E-state index contributed by atoms with van der Waals surface area (Å²) in [5.74, 6) is -1.02. The lowest BCUT2D eigenvalue weighted by atomic mass is 10.1. The minimum Gasteiger partial charge on any atom is -0.487 e. The van der Waals surface area contributed by atoms with E-state index in [9.17, 15) is 13.6 Å². The van der Waals surface area contributed by atoms with Gasteiger partial charge in [0.05, 0.1) is 11.7 Å². The second kappa shape index (κ2) is 8.39. The molecule has 154 valence electrons. The number of nitrogens with one attached hydrogen (secondary N) is 1. The lowest BCUT2D eigenvalue weighted by molar-refractivity contribution is 0.295. The highest BCUT2D eigenvalue weighted by atomic mass is 79.9. The fourth-order valence-electron chi connectivity index (χ4n) is 3.28. The van der Waals surface area contributed by atoms with Gasteiger partial charge >= 0.3 is 0 Å². The molecule has 0 atom stereocenters. The minimum absolute atomic E-state index is 0.113. The quantitative estimate of drug-likeness (QED) is 0.433. The van der Waals surface area contributed by atoms with Gasteiger partial charge in [-0.1, -0.05) is 6.07 Å². The first-order chi connectivity index (χ1) is 14.4. The molecule has 8 heteroatoms. The number of pyridine rings is 1. The van der Waals surface area contributed by atoms with Gasteiger partial charge in [0.2, 0.25) is 0 Å². The van der Waals surface area contributed by atoms with Crippen LogP contribution in [0.5, 0.6) is 5.75 Å². The van der Waals surface area contributed by atoms with E-state index in [1.165, 1.54) is 12.1 Å². The first kappa shape index (κ1) is 20.3. The van der Waals surface area contributed by atoms with Crippen LogP contribution >= 0.6 is 15.9 Å². The van der Waals surface area contributed by atoms with Gasteiger partial charge in [0.25, 0.3) is 5.56 Å². The molecule has 5 nitrogen and oxygen atoms in total. The fraction of sp³-hybridized carbons (Fsp3) is 0.182. The Bertz CT molecular complexity index is 1280. The van der Waals surface area contributed by atoms with Gasteiger partial charge in [-0.05, 0) is 59.1 Å². The van der Waals surface area contributed by atoms with Crippen LogP contribution in [0.25, 0.3) is 10.9 Å². The maximum atomic E-state index is 13.8. The molecule has 2 aromatic carbocycles. The Kier molecular flexibility index (Phi) is 5.67. The number of aromatic nitrogens is 3. The average molecular weight is 474 g/mol. The molecule has 0 amide bonds. The molecule has 0 fully saturated rings. The van der Waals surface area contributed by atoms with Crippen molar-refractivity contribution < 1.29 is 13.5 Å². The molecule has 4 rings (SSSR count). The van der Waals surface area contributed by atoms with E-state index in [1.807, 2.05) is 25.1 Å². The Balaban J connectivity index is 1.51. The normalized spacial score (nSPS) is 11.2. The predicted octanol–water partition coefficient (Wildman–Crippen LogP) is 4.90. The van der Waals surface area contributed by atoms with Crippen molar-refractivity contribution in [2.75, 3.05) is 0 Å². The SMILES string of the molecule is Cc1cc(OCc2ccc(F)cc2F)c(Br)c(=O)n1CCc1ccc2[nH]ncc2c1. The van der Waals surface area contributed by atoms with Crippen LogP contribution in [0.1, 0.15) is 16.8 Å². The largest absolute Gasteiger partial charge is 0.487 e. The average Bonchev–Trinajstić information content (AvgIpc) is 3.18. The Labute approximate surface area is 179 Å². The lowest BCUT2D eigenvalue weighted by Gasteiger charge is -2.15. The molecule has 4 aromatic rings. The summed E-state index contributed by atoms with van der Waals surface area (Å²) in [6.45, 7) is 2.20. The zero-order valence-electron chi connectivity index (χ0n) is 16.1. The topological polar surface area (TPSA) is 59.9 Å². The van der Waals surface area contributed by atoms with Crippen molar-refractivity contribution in [3.63, 3.8) is 0 Å². The molecule has 2 heterocycles. The van der Waals surface area contributed by atoms with Crippen molar-refractivity contribution in [3.8, 4) is 5.75 Å². The lowest BCUT2D eigenvalue weighted by Crippen LogP contribution is -2.24. The summed E-state index contributed by atoms with van der Waals surface area (Å²) < 4.78 is 34.4. The minimum atomic E-state index is -0.689. The predicted molar refractivity (Wildman–Crippen MR) is 114 cm³/mol. The van der Waals surface area contributed by atoms with Gasteiger partial charge in [-0.15, -0.1) is 0 Å². The smallest absolute Gasteiger partial charge is 0.268 e. The molecule has 0 bridgehead atoms. The van der Waals surface area contributed by atoms with Crippen molar-refractivity contribution in [1.82, 2.24) is 14.8 Å². The van der Waals surface area contributed by atoms with Crippen molar-refractivity contribution in [2.24, 2.45) is 0 Å². The molecule has 0 saturated heterocycles. The molecule has 30 heavy (non-hydrogen) atoms. The van der Waals surface area contributed by atoms with Gasteiger partial charge in [0, 0.05) is 35.3 Å². The molecule has 2 aromatic heterocycles. The van der Waals surface area contributed by atoms with E-state index >= 15 is 0 Å². The van der Waals surface area contributed by atoms with Crippen molar-refractivity contribution >= 4 is 26.8 Å². The summed E-state index contributed by atoms with van der Waals surface area (Å²) in [6, 6.07) is 11.0. The van der Waals surface area contributed by atoms with Crippen LogP contribution in [0.3, 0.4) is 0 Å². The zero-order valence-corrected chi connectivity index (χ0v) is 17.7. The highest BCUT2D eigenvalue weighted by Crippen LogP contribution is 2.24. The standard InChI is InChI=1S/C22H18BrF2N3O2/c1-13-8-20(30-12-15-3-4-17(24)10-18(15)25)21(23)22(29)28(13)7-6-14-2-5-19-16(9-14)11-26-27-19/h2-5,8-11H,6-7,12H2,1H3,(H,26,27). The van der Waals surface area contributed by atoms with E-state index in [-0.39, 0.29) is 22.2 Å². The Morgan fingerprint density at radius 1 is 1.17 bits per heavy atom. The summed E-state index contributed by atoms with van der Waals surface area (Å²) in [5, 5.41) is 7.95. The molecule has 0 aliphatic heterocycles. The number of halogens is 3. The summed E-state index contributed by atoms with van der Waals surface area (Å²) in [6.07, 6.45) is 2.44. The van der Waals surface area contributed by atoms with Crippen LogP contribution in [0.4, 0.5) is 8.78 Å². The van der Waals surface area contributed by atoms with Crippen LogP contribution in [-0.4, -0.2) is 14.8 Å². The number of aromatic amines is 1. The Morgan fingerprint density at radius 3 is 2.80 bits per heavy atom. The van der Waals surface area contributed by atoms with Crippen LogP contribution < -0.4 is 10.3 Å². The van der Waals surface area contributed by atoms with Crippen LogP contribution in [0, 0.1) is 18.6 Å². The number of rotatable bonds is 6. The van der Waals surface area contributed by atoms with Crippen molar-refractivity contribution in [3.05, 3.63) is 91.9 Å². The Morgan fingerprint density at radius 2 is 2.00 bits per heavy atom. The molecular formula is C22H18BrF2N3O2. The third-order valence-corrected chi connectivity index (χ3v) is 5.67. The molecule has 0 saturated carbocycles. The first-order valence-corrected chi connectivity index (χ1v) is 10.1. The molecule has 0 aliphatic rings. The van der Waals surface area contributed by atoms with E-state index in [0.29, 0.717) is 18.7 Å². The molecule has 0 radical (unpaired) electrons. The van der Waals surface area contributed by atoms with E-state index < -0.39 is 11.6 Å². The second-order valence-corrected chi connectivity index (χ2v) is 7.78. The maximum Gasteiger partial charge on any atom is 0.268 e. The summed E-state index contributed by atoms with van der Waals surface area (Å²) in [4.78, 5) is 12.8. The highest BCUT2D eigenvalue weighted by molar-refractivity contribution is 9.10. The highest BCUT2D eigenvalue weighted by Gasteiger charge is 2.13. The van der Waals surface area contributed by atoms with E-state index in [2.05, 4.69) is 26.1 Å². The van der Waals surface area contributed by atoms with Gasteiger partial charge in [0.15, 0.2) is 0 Å². The van der Waals surface area contributed by atoms with E-state index in [4.69, 9.17) is 4.74 Å². The molecule has 0 unspecified atom stereocenters. The third-order valence-electron chi connectivity index (χ3n) is 4.94. The molecule has 1 N–H and O–H groups in total. The number of benzene rings is 2. The molecule has 0 aliphatic carbocycles. The number of H-pyrrole nitrogens is 1. The maximum absolute atomic E-state index is 13.8. The Hall–Kier alpha value is -3.00. The summed E-state index contributed by atoms with van der Waals surface area (Å²) in [7, 11) is 0. The number of fused-ring (bicyclic) bond motifs is 1. The van der Waals surface area contributed by atoms with Crippen LogP contribution in [0.2, 0.25) is 0 Å². The second-order valence-electron chi connectivity index (χ2n) is 6.99. The fourth-order valence-corrected chi connectivity index (χ4v) is 3.72. The first-order valence-electron chi connectivity index (χ1n) is 9.31. The number of hydrogen-bond donors (Lipinski definition) is 1. The van der Waals surface area contributed by atoms with E-state index in [0.717, 1.165) is 28.2 Å². The van der Waals surface area contributed by atoms with Gasteiger partial charge < -0.3 is 9.30 Å². The molecule has 0 spiro atoms. The summed E-state index contributed by atoms with van der Waals surface area (Å²) >= 11 is 3.30. The molecular weight excluding hydrogens is 456 g/mol. The monoisotopic (exact) mass is 473 g/mol. The number of aryl methyl sites for hydroxylation is 2. The number of ether oxygens (including phenoxy) is 1.